The van der Waals surface area contributed by atoms with E-state index in [1.165, 1.54) is 86.6 Å². The molecular formula is C90H56N8Si. The van der Waals surface area contributed by atoms with E-state index in [0.29, 0.717) is 34.9 Å². The average molecular weight is 1280 g/mol. The molecule has 0 amide bonds. The van der Waals surface area contributed by atoms with Crippen LogP contribution in [-0.4, -0.2) is 47.1 Å². The van der Waals surface area contributed by atoms with E-state index >= 15 is 0 Å². The summed E-state index contributed by atoms with van der Waals surface area (Å²) < 4.78 is 4.81. The Labute approximate surface area is 571 Å². The molecule has 460 valence electrons. The van der Waals surface area contributed by atoms with Crippen LogP contribution in [0.5, 0.6) is 0 Å². The normalized spacial score (nSPS) is 12.5. The van der Waals surface area contributed by atoms with E-state index in [2.05, 4.69) is 276 Å². The van der Waals surface area contributed by atoms with Crippen LogP contribution in [0.2, 0.25) is 0 Å². The Morgan fingerprint density at radius 3 is 0.717 bits per heavy atom. The Bertz CT molecular complexity index is 5660. The first-order valence-electron chi connectivity index (χ1n) is 33.6. The van der Waals surface area contributed by atoms with E-state index in [0.717, 1.165) is 67.0 Å². The number of rotatable bonds is 10. The second-order valence-electron chi connectivity index (χ2n) is 25.6. The first-order chi connectivity index (χ1) is 49.1. The number of fused-ring (bicyclic) bond motifs is 16. The molecule has 4 aromatic heterocycles. The lowest BCUT2D eigenvalue weighted by molar-refractivity contribution is 1.07. The van der Waals surface area contributed by atoms with Crippen molar-refractivity contribution < 1.29 is 0 Å². The molecule has 0 saturated carbocycles. The topological polar surface area (TPSA) is 87.2 Å². The van der Waals surface area contributed by atoms with Crippen LogP contribution in [0.4, 0.5) is 0 Å². The van der Waals surface area contributed by atoms with Gasteiger partial charge in [-0.2, -0.15) is 0 Å². The van der Waals surface area contributed by atoms with Crippen LogP contribution >= 0.6 is 0 Å². The first kappa shape index (κ1) is 56.3. The molecule has 0 aliphatic carbocycles. The van der Waals surface area contributed by atoms with Crippen LogP contribution in [-0.2, 0) is 0 Å². The van der Waals surface area contributed by atoms with Crippen molar-refractivity contribution in [1.29, 1.82) is 0 Å². The van der Waals surface area contributed by atoms with Gasteiger partial charge in [-0.25, -0.2) is 29.9 Å². The maximum atomic E-state index is 5.54. The first-order valence-corrected chi connectivity index (χ1v) is 35.6. The second-order valence-corrected chi connectivity index (χ2v) is 29.2. The largest absolute Gasteiger partial charge is 0.309 e. The van der Waals surface area contributed by atoms with Crippen molar-refractivity contribution in [1.82, 2.24) is 39.0 Å². The van der Waals surface area contributed by atoms with E-state index in [9.17, 15) is 0 Å². The summed E-state index contributed by atoms with van der Waals surface area (Å²) in [6, 6.07) is 122. The molecule has 1 spiro atoms. The second kappa shape index (κ2) is 22.5. The van der Waals surface area contributed by atoms with E-state index in [1.807, 2.05) is 72.8 Å². The maximum Gasteiger partial charge on any atom is 0.182 e. The highest BCUT2D eigenvalue weighted by Crippen LogP contribution is 2.49. The third kappa shape index (κ3) is 8.71. The zero-order valence-electron chi connectivity index (χ0n) is 53.4. The van der Waals surface area contributed by atoms with Crippen LogP contribution < -0.4 is 20.7 Å². The van der Waals surface area contributed by atoms with Gasteiger partial charge in [0.25, 0.3) is 0 Å². The zero-order chi connectivity index (χ0) is 65.1. The quantitative estimate of drug-likeness (QED) is 0.127. The van der Waals surface area contributed by atoms with Crippen LogP contribution in [0.25, 0.3) is 168 Å². The van der Waals surface area contributed by atoms with Crippen molar-refractivity contribution in [2.45, 2.75) is 0 Å². The summed E-state index contributed by atoms with van der Waals surface area (Å²) in [6.45, 7) is 0. The average Bonchev–Trinajstić information content (AvgIpc) is 1.49. The summed E-state index contributed by atoms with van der Waals surface area (Å²) in [5, 5.41) is 10.0. The Morgan fingerprint density at radius 1 is 0.182 bits per heavy atom. The number of hydrogen-bond donors (Lipinski definition) is 0. The highest BCUT2D eigenvalue weighted by Gasteiger charge is 2.56. The maximum absolute atomic E-state index is 5.54. The van der Waals surface area contributed by atoms with Crippen LogP contribution in [0, 0.1) is 0 Å². The van der Waals surface area contributed by atoms with Gasteiger partial charge in [-0.1, -0.05) is 291 Å². The SMILES string of the molecule is c1ccc(-c2nc(-c3ccccc3)nc(-c3cccc4c3-c3c(-c5nc(-c6ccccc6)nc(-c6ccccc6)n5)cccc3[Si]43c4cccc(-c5ccc(-n6c7ccccc7c7ccccc76)cc5)c4-c4c(-c5ccc(-n6c7ccccc7c7ccccc76)cc5)cccc43)n2)cc1. The van der Waals surface area contributed by atoms with Gasteiger partial charge in [-0.15, -0.1) is 0 Å². The minimum atomic E-state index is -3.50. The predicted molar refractivity (Wildman–Crippen MR) is 407 cm³/mol. The third-order valence-electron chi connectivity index (χ3n) is 20.3. The number of nitrogens with zero attached hydrogens (tertiary/aromatic N) is 8. The zero-order valence-corrected chi connectivity index (χ0v) is 54.4. The molecule has 0 N–H and O–H groups in total. The molecule has 20 rings (SSSR count). The monoisotopic (exact) mass is 1280 g/mol. The highest BCUT2D eigenvalue weighted by molar-refractivity contribution is 7.24. The Morgan fingerprint density at radius 2 is 0.424 bits per heavy atom. The fraction of sp³-hybridized carbons (Fsp3) is 0. The standard InChI is InChI=1S/C90H56N8Si/c1-5-25-59(26-6-1)85-91-86(60-27-7-2-8-28-60)94-89(93-85)71-39-23-47-79-83(71)84-72(90-95-87(61-29-9-3-10-30-61)92-88(96-90)62-31-11-4-12-32-62)40-24-48-80(84)99(79)77-45-21-37-65(57-49-53-63(54-50-57)97-73-41-17-13-33-67(73)68-34-14-18-42-74(68)97)81(77)82-66(38-22-46-78(82)99)58-51-55-64(56-52-58)98-75-43-19-15-35-69(75)70-36-16-20-44-76(70)98/h1-56H. The Kier molecular flexibility index (Phi) is 12.8. The van der Waals surface area contributed by atoms with E-state index in [1.54, 1.807) is 0 Å². The van der Waals surface area contributed by atoms with Crippen molar-refractivity contribution in [2.24, 2.45) is 0 Å². The Balaban J connectivity index is 0.872. The molecule has 99 heavy (non-hydrogen) atoms. The van der Waals surface area contributed by atoms with Gasteiger partial charge >= 0.3 is 0 Å². The van der Waals surface area contributed by atoms with Gasteiger partial charge in [0.05, 0.1) is 22.1 Å². The molecule has 0 radical (unpaired) electrons. The van der Waals surface area contributed by atoms with Crippen molar-refractivity contribution >= 4 is 72.4 Å². The van der Waals surface area contributed by atoms with Crippen molar-refractivity contribution in [2.75, 3.05) is 0 Å². The molecule has 8 nitrogen and oxygen atoms in total. The molecule has 9 heteroatoms. The van der Waals surface area contributed by atoms with E-state index in [-0.39, 0.29) is 0 Å². The van der Waals surface area contributed by atoms with E-state index in [4.69, 9.17) is 29.9 Å². The van der Waals surface area contributed by atoms with Gasteiger partial charge in [0.1, 0.15) is 0 Å². The molecule has 0 fully saturated rings. The lowest BCUT2D eigenvalue weighted by atomic mass is 9.89. The van der Waals surface area contributed by atoms with E-state index < -0.39 is 8.07 Å². The Hall–Kier alpha value is -13.1. The fourth-order valence-corrected chi connectivity index (χ4v) is 21.8. The van der Waals surface area contributed by atoms with Crippen LogP contribution in [0.3, 0.4) is 0 Å². The van der Waals surface area contributed by atoms with Crippen molar-refractivity contribution in [3.05, 3.63) is 340 Å². The minimum absolute atomic E-state index is 0.574. The molecule has 18 aromatic rings. The van der Waals surface area contributed by atoms with Gasteiger partial charge in [0.2, 0.25) is 0 Å². The van der Waals surface area contributed by atoms with Gasteiger partial charge in [0.15, 0.2) is 43.0 Å². The number of hydrogen-bond acceptors (Lipinski definition) is 6. The van der Waals surface area contributed by atoms with Crippen molar-refractivity contribution in [3.63, 3.8) is 0 Å². The van der Waals surface area contributed by atoms with Gasteiger partial charge in [0, 0.05) is 66.3 Å². The summed E-state index contributed by atoms with van der Waals surface area (Å²) in [5.41, 5.74) is 21.5. The van der Waals surface area contributed by atoms with Gasteiger partial charge in [-0.05, 0) is 114 Å². The fourth-order valence-electron chi connectivity index (χ4n) is 16.1. The molecule has 2 aliphatic rings. The van der Waals surface area contributed by atoms with Crippen molar-refractivity contribution in [3.8, 4) is 124 Å². The summed E-state index contributed by atoms with van der Waals surface area (Å²) in [5.74, 6) is 3.51. The summed E-state index contributed by atoms with van der Waals surface area (Å²) in [4.78, 5) is 32.6. The van der Waals surface area contributed by atoms with Gasteiger partial charge < -0.3 is 9.13 Å². The smallest absolute Gasteiger partial charge is 0.182 e. The highest BCUT2D eigenvalue weighted by atomic mass is 28.3. The molecule has 0 saturated heterocycles. The molecule has 2 aliphatic heterocycles. The summed E-state index contributed by atoms with van der Waals surface area (Å²) >= 11 is 0. The molecule has 0 bridgehead atoms. The number of aromatic nitrogens is 8. The molecule has 6 heterocycles. The molecule has 0 atom stereocenters. The lowest BCUT2D eigenvalue weighted by Gasteiger charge is -2.28. The predicted octanol–water partition coefficient (Wildman–Crippen LogP) is 18.9. The lowest BCUT2D eigenvalue weighted by Crippen LogP contribution is -2.70. The molecule has 0 unspecified atom stereocenters. The molecular weight excluding hydrogens is 1220 g/mol. The summed E-state index contributed by atoms with van der Waals surface area (Å²) in [7, 11) is -3.50. The third-order valence-corrected chi connectivity index (χ3v) is 25.2. The minimum Gasteiger partial charge on any atom is -0.309 e. The van der Waals surface area contributed by atoms with Crippen LogP contribution in [0.1, 0.15) is 0 Å². The number of para-hydroxylation sites is 4. The molecule has 14 aromatic carbocycles. The summed E-state index contributed by atoms with van der Waals surface area (Å²) in [6.07, 6.45) is 0. The number of benzene rings is 14. The van der Waals surface area contributed by atoms with Gasteiger partial charge in [-0.3, -0.25) is 0 Å². The van der Waals surface area contributed by atoms with Crippen LogP contribution in [0.15, 0.2) is 340 Å².